The molecule has 1 N–H and O–H groups in total. The highest BCUT2D eigenvalue weighted by Gasteiger charge is 2.20. The molecule has 2 aromatic heterocycles. The maximum absolute atomic E-state index is 13.1. The van der Waals surface area contributed by atoms with Crippen molar-refractivity contribution in [1.82, 2.24) is 20.1 Å². The molecule has 2 heterocycles. The number of nitrogens with one attached hydrogen (secondary N) is 1. The molecule has 0 unspecified atom stereocenters. The van der Waals surface area contributed by atoms with Gasteiger partial charge < -0.3 is 5.32 Å². The molecule has 1 amide bonds. The first-order valence-electron chi connectivity index (χ1n) is 9.08. The van der Waals surface area contributed by atoms with E-state index in [0.29, 0.717) is 45.2 Å². The molecule has 0 atom stereocenters. The summed E-state index contributed by atoms with van der Waals surface area (Å²) in [5, 5.41) is 8.69. The first-order chi connectivity index (χ1) is 13.9. The molecule has 0 aliphatic rings. The molecule has 0 aliphatic carbocycles. The lowest BCUT2D eigenvalue weighted by Gasteiger charge is -2.09. The Bertz CT molecular complexity index is 1220. The summed E-state index contributed by atoms with van der Waals surface area (Å²) in [7, 11) is 0. The third-order valence-electron chi connectivity index (χ3n) is 4.63. The van der Waals surface area contributed by atoms with Gasteiger partial charge in [-0.25, -0.2) is 14.1 Å². The minimum Gasteiger partial charge on any atom is -0.348 e. The fraction of sp³-hybridized carbons (Fsp3) is 0.136. The predicted molar refractivity (Wildman–Crippen MR) is 111 cm³/mol. The van der Waals surface area contributed by atoms with Gasteiger partial charge in [-0.3, -0.25) is 4.79 Å². The van der Waals surface area contributed by atoms with Crippen LogP contribution in [0.15, 0.2) is 54.6 Å². The Balaban J connectivity index is 1.74. The van der Waals surface area contributed by atoms with Crippen LogP contribution in [0.5, 0.6) is 0 Å². The summed E-state index contributed by atoms with van der Waals surface area (Å²) in [5.74, 6) is -0.555. The van der Waals surface area contributed by atoms with Gasteiger partial charge in [0.1, 0.15) is 5.82 Å². The standard InChI is InChI=1S/C22H18ClFN4O/c1-13-11-17(22(29)25-12-15-7-9-16(24)10-8-15)20-14(2)27-28(21(20)26-13)19-6-4-3-5-18(19)23/h3-11H,12H2,1-2H3,(H,25,29). The third kappa shape index (κ3) is 3.71. The van der Waals surface area contributed by atoms with Gasteiger partial charge in [0.2, 0.25) is 0 Å². The first-order valence-corrected chi connectivity index (χ1v) is 9.46. The zero-order valence-electron chi connectivity index (χ0n) is 15.9. The molecule has 2 aromatic carbocycles. The summed E-state index contributed by atoms with van der Waals surface area (Å²) in [6, 6.07) is 15.1. The number of amides is 1. The molecule has 29 heavy (non-hydrogen) atoms. The molecule has 0 bridgehead atoms. The van der Waals surface area contributed by atoms with E-state index in [1.54, 1.807) is 28.9 Å². The Kier molecular flexibility index (Phi) is 5.03. The highest BCUT2D eigenvalue weighted by atomic mass is 35.5. The van der Waals surface area contributed by atoms with Crippen LogP contribution in [-0.4, -0.2) is 20.7 Å². The number of hydrogen-bond donors (Lipinski definition) is 1. The molecule has 4 aromatic rings. The van der Waals surface area contributed by atoms with Crippen molar-refractivity contribution in [2.24, 2.45) is 0 Å². The van der Waals surface area contributed by atoms with Crippen LogP contribution < -0.4 is 5.32 Å². The molecule has 0 fully saturated rings. The van der Waals surface area contributed by atoms with Gasteiger partial charge in [0, 0.05) is 12.2 Å². The normalized spacial score (nSPS) is 11.0. The highest BCUT2D eigenvalue weighted by Crippen LogP contribution is 2.28. The number of halogens is 2. The number of para-hydroxylation sites is 1. The molecule has 0 spiro atoms. The average molecular weight is 409 g/mol. The van der Waals surface area contributed by atoms with Crippen LogP contribution in [0.25, 0.3) is 16.7 Å². The molecule has 0 saturated heterocycles. The van der Waals surface area contributed by atoms with Gasteiger partial charge >= 0.3 is 0 Å². The number of hydrogen-bond acceptors (Lipinski definition) is 3. The van der Waals surface area contributed by atoms with Gasteiger partial charge in [0.15, 0.2) is 5.65 Å². The Morgan fingerprint density at radius 2 is 1.86 bits per heavy atom. The summed E-state index contributed by atoms with van der Waals surface area (Å²) < 4.78 is 14.7. The number of rotatable bonds is 4. The highest BCUT2D eigenvalue weighted by molar-refractivity contribution is 6.32. The largest absolute Gasteiger partial charge is 0.348 e. The van der Waals surface area contributed by atoms with Gasteiger partial charge in [-0.1, -0.05) is 35.9 Å². The zero-order valence-corrected chi connectivity index (χ0v) is 16.7. The third-order valence-corrected chi connectivity index (χ3v) is 4.95. The molecular formula is C22H18ClFN4O. The van der Waals surface area contributed by atoms with Crippen LogP contribution in [0.2, 0.25) is 5.02 Å². The summed E-state index contributed by atoms with van der Waals surface area (Å²) in [6.07, 6.45) is 0. The Morgan fingerprint density at radius 1 is 1.14 bits per heavy atom. The van der Waals surface area contributed by atoms with Crippen molar-refractivity contribution in [3.05, 3.63) is 88.0 Å². The monoisotopic (exact) mass is 408 g/mol. The van der Waals surface area contributed by atoms with E-state index in [2.05, 4.69) is 15.4 Å². The quantitative estimate of drug-likeness (QED) is 0.529. The van der Waals surface area contributed by atoms with Gasteiger partial charge in [0.25, 0.3) is 5.91 Å². The number of fused-ring (bicyclic) bond motifs is 1. The van der Waals surface area contributed by atoms with Crippen molar-refractivity contribution >= 4 is 28.5 Å². The van der Waals surface area contributed by atoms with Crippen molar-refractivity contribution in [3.8, 4) is 5.69 Å². The second-order valence-electron chi connectivity index (χ2n) is 6.77. The lowest BCUT2D eigenvalue weighted by atomic mass is 10.1. The average Bonchev–Trinajstić information content (AvgIpc) is 3.03. The fourth-order valence-corrected chi connectivity index (χ4v) is 3.48. The Labute approximate surface area is 172 Å². The van der Waals surface area contributed by atoms with E-state index in [0.717, 1.165) is 5.56 Å². The number of aromatic nitrogens is 3. The molecule has 146 valence electrons. The molecule has 5 nitrogen and oxygen atoms in total. The molecule has 0 saturated carbocycles. The fourth-order valence-electron chi connectivity index (χ4n) is 3.26. The molecule has 0 aliphatic heterocycles. The smallest absolute Gasteiger partial charge is 0.252 e. The van der Waals surface area contributed by atoms with Gasteiger partial charge in [-0.15, -0.1) is 0 Å². The van der Waals surface area contributed by atoms with Crippen molar-refractivity contribution in [3.63, 3.8) is 0 Å². The van der Waals surface area contributed by atoms with Crippen LogP contribution in [0.4, 0.5) is 4.39 Å². The first kappa shape index (κ1) is 19.1. The van der Waals surface area contributed by atoms with Crippen LogP contribution in [-0.2, 0) is 6.54 Å². The van der Waals surface area contributed by atoms with Gasteiger partial charge in [-0.2, -0.15) is 5.10 Å². The minimum atomic E-state index is -0.311. The van der Waals surface area contributed by atoms with E-state index in [1.165, 1.54) is 12.1 Å². The van der Waals surface area contributed by atoms with Gasteiger partial charge in [-0.05, 0) is 49.7 Å². The number of pyridine rings is 1. The Morgan fingerprint density at radius 3 is 2.59 bits per heavy atom. The molecule has 4 rings (SSSR count). The molecule has 0 radical (unpaired) electrons. The summed E-state index contributed by atoms with van der Waals surface area (Å²) in [5.41, 5.74) is 3.94. The van der Waals surface area contributed by atoms with E-state index in [1.807, 2.05) is 32.0 Å². The van der Waals surface area contributed by atoms with Crippen LogP contribution in [0.3, 0.4) is 0 Å². The lowest BCUT2D eigenvalue weighted by Crippen LogP contribution is -2.23. The van der Waals surface area contributed by atoms with E-state index >= 15 is 0 Å². The van der Waals surface area contributed by atoms with E-state index < -0.39 is 0 Å². The van der Waals surface area contributed by atoms with Crippen molar-refractivity contribution in [2.45, 2.75) is 20.4 Å². The number of aryl methyl sites for hydroxylation is 2. The van der Waals surface area contributed by atoms with E-state index in [-0.39, 0.29) is 11.7 Å². The number of benzene rings is 2. The number of nitrogens with zero attached hydrogens (tertiary/aromatic N) is 3. The summed E-state index contributed by atoms with van der Waals surface area (Å²) in [4.78, 5) is 17.5. The number of carbonyl (C=O) groups is 1. The predicted octanol–water partition coefficient (Wildman–Crippen LogP) is 4.76. The minimum absolute atomic E-state index is 0.244. The topological polar surface area (TPSA) is 59.8 Å². The van der Waals surface area contributed by atoms with Gasteiger partial charge in [0.05, 0.1) is 27.4 Å². The molecule has 7 heteroatoms. The van der Waals surface area contributed by atoms with E-state index in [9.17, 15) is 9.18 Å². The zero-order chi connectivity index (χ0) is 20.5. The maximum atomic E-state index is 13.1. The van der Waals surface area contributed by atoms with E-state index in [4.69, 9.17) is 11.6 Å². The summed E-state index contributed by atoms with van der Waals surface area (Å²) >= 11 is 6.34. The lowest BCUT2D eigenvalue weighted by molar-refractivity contribution is 0.0952. The van der Waals surface area contributed by atoms with Crippen molar-refractivity contribution in [1.29, 1.82) is 0 Å². The SMILES string of the molecule is Cc1cc(C(=O)NCc2ccc(F)cc2)c2c(C)nn(-c3ccccc3Cl)c2n1. The van der Waals surface area contributed by atoms with Crippen molar-refractivity contribution < 1.29 is 9.18 Å². The van der Waals surface area contributed by atoms with Crippen molar-refractivity contribution in [2.75, 3.05) is 0 Å². The number of carbonyl (C=O) groups excluding carboxylic acids is 1. The second-order valence-corrected chi connectivity index (χ2v) is 7.17. The second kappa shape index (κ2) is 7.64. The van der Waals surface area contributed by atoms with Crippen LogP contribution in [0, 0.1) is 19.7 Å². The van der Waals surface area contributed by atoms with Crippen LogP contribution in [0.1, 0.15) is 27.3 Å². The maximum Gasteiger partial charge on any atom is 0.252 e. The Hall–Kier alpha value is -3.25. The molecular weight excluding hydrogens is 391 g/mol. The van der Waals surface area contributed by atoms with Crippen LogP contribution >= 0.6 is 11.6 Å². The summed E-state index contributed by atoms with van der Waals surface area (Å²) in [6.45, 7) is 3.96.